The highest BCUT2D eigenvalue weighted by molar-refractivity contribution is 6.68. The van der Waals surface area contributed by atoms with Gasteiger partial charge < -0.3 is 8.85 Å². The number of benzene rings is 1. The topological polar surface area (TPSA) is 18.5 Å². The van der Waals surface area contributed by atoms with Crippen LogP contribution in [0.25, 0.3) is 0 Å². The highest BCUT2D eigenvalue weighted by Crippen LogP contribution is 2.36. The van der Waals surface area contributed by atoms with E-state index in [9.17, 15) is 0 Å². The van der Waals surface area contributed by atoms with Gasteiger partial charge in [-0.3, -0.25) is 0 Å². The van der Waals surface area contributed by atoms with Crippen molar-refractivity contribution in [3.63, 3.8) is 0 Å². The minimum Gasteiger partial charge on any atom is -0.519 e. The monoisotopic (exact) mass is 494 g/mol. The number of unbranched alkanes of at least 4 members (excludes halogenated alkanes) is 11. The first kappa shape index (κ1) is 28.1. The molecular weight excluding hydrogens is 455 g/mol. The van der Waals surface area contributed by atoms with E-state index >= 15 is 0 Å². The van der Waals surface area contributed by atoms with Crippen molar-refractivity contribution in [3.8, 4) is 5.75 Å². The molecule has 0 aliphatic heterocycles. The fourth-order valence-electron chi connectivity index (χ4n) is 3.61. The van der Waals surface area contributed by atoms with Crippen LogP contribution in [0.1, 0.15) is 97.8 Å². The maximum atomic E-state index is 6.33. The molecule has 0 aromatic heterocycles. The molecule has 0 radical (unpaired) electrons. The van der Waals surface area contributed by atoms with Gasteiger partial charge in [0, 0.05) is 12.7 Å². The lowest BCUT2D eigenvalue weighted by Gasteiger charge is -2.30. The Morgan fingerprint density at radius 2 is 1.10 bits per heavy atom. The number of hydrogen-bond donors (Lipinski definition) is 0. The van der Waals surface area contributed by atoms with Crippen LogP contribution in [0.4, 0.5) is 0 Å². The van der Waals surface area contributed by atoms with Crippen molar-refractivity contribution >= 4 is 43.4 Å². The maximum Gasteiger partial charge on any atom is 0.398 e. The highest BCUT2D eigenvalue weighted by Gasteiger charge is 2.36. The molecule has 2 nitrogen and oxygen atoms in total. The van der Waals surface area contributed by atoms with Gasteiger partial charge >= 0.3 is 8.56 Å². The Balaban J connectivity index is 2.23. The van der Waals surface area contributed by atoms with E-state index in [1.807, 2.05) is 0 Å². The Bertz CT molecular complexity index is 580. The van der Waals surface area contributed by atoms with E-state index in [0.717, 1.165) is 25.1 Å². The highest BCUT2D eigenvalue weighted by atomic mass is 35.5. The zero-order chi connectivity index (χ0) is 22.2. The molecule has 0 spiro atoms. The van der Waals surface area contributed by atoms with E-state index in [4.69, 9.17) is 43.7 Å². The SMILES string of the molecule is CCCCCCCCCCCCCCO[Si](CC)(CC)Oc1cc(Cl)c(Cl)cc1Cl. The Hall–Kier alpha value is 0.0669. The zero-order valence-corrected chi connectivity index (χ0v) is 22.5. The third kappa shape index (κ3) is 11.1. The van der Waals surface area contributed by atoms with Gasteiger partial charge in [-0.25, -0.2) is 0 Å². The number of rotatable bonds is 18. The quantitative estimate of drug-likeness (QED) is 0.114. The van der Waals surface area contributed by atoms with Crippen LogP contribution in [0.2, 0.25) is 27.2 Å². The van der Waals surface area contributed by atoms with Crippen molar-refractivity contribution in [1.29, 1.82) is 0 Å². The van der Waals surface area contributed by atoms with Crippen LogP contribution in [0.5, 0.6) is 5.75 Å². The molecule has 174 valence electrons. The molecule has 30 heavy (non-hydrogen) atoms. The van der Waals surface area contributed by atoms with E-state index in [1.165, 1.54) is 70.6 Å². The summed E-state index contributed by atoms with van der Waals surface area (Å²) in [7, 11) is -2.34. The van der Waals surface area contributed by atoms with Gasteiger partial charge in [-0.1, -0.05) is 126 Å². The summed E-state index contributed by atoms with van der Waals surface area (Å²) in [5.74, 6) is 0.580. The van der Waals surface area contributed by atoms with Crippen molar-refractivity contribution in [2.75, 3.05) is 6.61 Å². The Labute approximate surface area is 201 Å². The van der Waals surface area contributed by atoms with Crippen molar-refractivity contribution in [3.05, 3.63) is 27.2 Å². The predicted molar refractivity (Wildman–Crippen MR) is 136 cm³/mol. The van der Waals surface area contributed by atoms with Crippen LogP contribution in [-0.2, 0) is 4.43 Å². The summed E-state index contributed by atoms with van der Waals surface area (Å²) >= 11 is 18.5. The summed E-state index contributed by atoms with van der Waals surface area (Å²) in [4.78, 5) is 0. The van der Waals surface area contributed by atoms with Gasteiger partial charge in [0.1, 0.15) is 5.75 Å². The first-order valence-electron chi connectivity index (χ1n) is 12.0. The minimum atomic E-state index is -2.34. The van der Waals surface area contributed by atoms with E-state index in [1.54, 1.807) is 12.1 Å². The van der Waals surface area contributed by atoms with Gasteiger partial charge in [-0.15, -0.1) is 0 Å². The average molecular weight is 496 g/mol. The van der Waals surface area contributed by atoms with Crippen molar-refractivity contribution in [2.45, 2.75) is 110 Å². The Kier molecular flexibility index (Phi) is 15.6. The largest absolute Gasteiger partial charge is 0.519 e. The third-order valence-electron chi connectivity index (χ3n) is 5.71. The summed E-state index contributed by atoms with van der Waals surface area (Å²) in [6.07, 6.45) is 16.1. The van der Waals surface area contributed by atoms with Gasteiger partial charge in [0.05, 0.1) is 15.1 Å². The van der Waals surface area contributed by atoms with Crippen LogP contribution in [0.3, 0.4) is 0 Å². The second kappa shape index (κ2) is 16.7. The normalized spacial score (nSPS) is 11.8. The molecule has 0 unspecified atom stereocenters. The molecule has 1 aromatic carbocycles. The van der Waals surface area contributed by atoms with E-state index in [-0.39, 0.29) is 0 Å². The van der Waals surface area contributed by atoms with E-state index in [0.29, 0.717) is 20.8 Å². The first-order valence-corrected chi connectivity index (χ1v) is 15.3. The molecule has 6 heteroatoms. The summed E-state index contributed by atoms with van der Waals surface area (Å²) in [6, 6.07) is 5.08. The van der Waals surface area contributed by atoms with E-state index in [2.05, 4.69) is 20.8 Å². The van der Waals surface area contributed by atoms with Crippen LogP contribution in [0.15, 0.2) is 12.1 Å². The molecule has 0 fully saturated rings. The number of hydrogen-bond acceptors (Lipinski definition) is 2. The molecule has 0 heterocycles. The lowest BCUT2D eigenvalue weighted by atomic mass is 10.1. The molecule has 1 rings (SSSR count). The van der Waals surface area contributed by atoms with Crippen molar-refractivity contribution < 1.29 is 8.85 Å². The van der Waals surface area contributed by atoms with Crippen molar-refractivity contribution in [1.82, 2.24) is 0 Å². The van der Waals surface area contributed by atoms with Crippen molar-refractivity contribution in [2.24, 2.45) is 0 Å². The zero-order valence-electron chi connectivity index (χ0n) is 19.2. The summed E-state index contributed by atoms with van der Waals surface area (Å²) < 4.78 is 12.6. The lowest BCUT2D eigenvalue weighted by Crippen LogP contribution is -2.44. The summed E-state index contributed by atoms with van der Waals surface area (Å²) in [5, 5.41) is 1.37. The van der Waals surface area contributed by atoms with Gasteiger partial charge in [-0.2, -0.15) is 0 Å². The molecule has 0 saturated carbocycles. The smallest absolute Gasteiger partial charge is 0.398 e. The lowest BCUT2D eigenvalue weighted by molar-refractivity contribution is 0.230. The van der Waals surface area contributed by atoms with Gasteiger partial charge in [0.25, 0.3) is 0 Å². The van der Waals surface area contributed by atoms with Crippen LogP contribution < -0.4 is 4.43 Å². The van der Waals surface area contributed by atoms with E-state index < -0.39 is 8.56 Å². The fraction of sp³-hybridized carbons (Fsp3) is 0.750. The molecule has 0 atom stereocenters. The second-order valence-corrected chi connectivity index (χ2v) is 13.1. The summed E-state index contributed by atoms with van der Waals surface area (Å²) in [5.41, 5.74) is 0. The van der Waals surface area contributed by atoms with Gasteiger partial charge in [-0.05, 0) is 24.6 Å². The Morgan fingerprint density at radius 1 is 0.633 bits per heavy atom. The van der Waals surface area contributed by atoms with Gasteiger partial charge in [0.15, 0.2) is 0 Å². The predicted octanol–water partition coefficient (Wildman–Crippen LogP) is 10.2. The summed E-state index contributed by atoms with van der Waals surface area (Å²) in [6.45, 7) is 7.28. The fourth-order valence-corrected chi connectivity index (χ4v) is 6.59. The Morgan fingerprint density at radius 3 is 1.60 bits per heavy atom. The van der Waals surface area contributed by atoms with Crippen LogP contribution >= 0.6 is 34.8 Å². The second-order valence-electron chi connectivity index (χ2n) is 8.15. The van der Waals surface area contributed by atoms with Crippen LogP contribution in [0, 0.1) is 0 Å². The van der Waals surface area contributed by atoms with Crippen LogP contribution in [-0.4, -0.2) is 15.2 Å². The maximum absolute atomic E-state index is 6.33. The molecule has 0 N–H and O–H groups in total. The molecular formula is C24H41Cl3O2Si. The average Bonchev–Trinajstić information content (AvgIpc) is 2.74. The van der Waals surface area contributed by atoms with Gasteiger partial charge in [0.2, 0.25) is 0 Å². The molecule has 0 saturated heterocycles. The standard InChI is InChI=1S/C24H41Cl3O2Si/c1-4-7-8-9-10-11-12-13-14-15-16-17-18-28-30(5-2,6-3)29-24-20-22(26)21(25)19-23(24)27/h19-20H,4-18H2,1-3H3. The first-order chi connectivity index (χ1) is 14.5. The minimum absolute atomic E-state index is 0.437. The molecule has 0 aliphatic carbocycles. The third-order valence-corrected chi connectivity index (χ3v) is 10.2. The molecule has 0 amide bonds. The molecule has 0 aliphatic rings. The molecule has 1 aromatic rings. The molecule has 0 bridgehead atoms. The number of halogens is 3.